The summed E-state index contributed by atoms with van der Waals surface area (Å²) in [6, 6.07) is 1.93. The SMILES string of the molecule is CCC(N)(CC)CNC(=O)c1cnn2c(C)cc(C)nc12. The van der Waals surface area contributed by atoms with Crippen LogP contribution in [0, 0.1) is 13.8 Å². The normalized spacial score (nSPS) is 11.9. The molecule has 0 unspecified atom stereocenters. The number of hydrogen-bond donors (Lipinski definition) is 2. The minimum atomic E-state index is -0.363. The Morgan fingerprint density at radius 2 is 2.05 bits per heavy atom. The molecule has 0 radical (unpaired) electrons. The van der Waals surface area contributed by atoms with Gasteiger partial charge in [-0.1, -0.05) is 13.8 Å². The minimum absolute atomic E-state index is 0.181. The second-order valence-electron chi connectivity index (χ2n) is 5.58. The molecule has 21 heavy (non-hydrogen) atoms. The topological polar surface area (TPSA) is 85.3 Å². The fraction of sp³-hybridized carbons (Fsp3) is 0.533. The molecule has 1 amide bonds. The van der Waals surface area contributed by atoms with Gasteiger partial charge in [-0.2, -0.15) is 5.10 Å². The zero-order chi connectivity index (χ0) is 15.6. The Labute approximate surface area is 124 Å². The molecule has 0 spiro atoms. The summed E-state index contributed by atoms with van der Waals surface area (Å²) in [5, 5.41) is 7.13. The number of nitrogens with zero attached hydrogens (tertiary/aromatic N) is 3. The van der Waals surface area contributed by atoms with Crippen molar-refractivity contribution in [2.75, 3.05) is 6.54 Å². The van der Waals surface area contributed by atoms with Gasteiger partial charge in [-0.05, 0) is 32.8 Å². The van der Waals surface area contributed by atoms with Gasteiger partial charge in [-0.25, -0.2) is 9.50 Å². The monoisotopic (exact) mass is 289 g/mol. The van der Waals surface area contributed by atoms with Gasteiger partial charge >= 0.3 is 0 Å². The van der Waals surface area contributed by atoms with Crippen molar-refractivity contribution in [2.45, 2.75) is 46.1 Å². The van der Waals surface area contributed by atoms with Gasteiger partial charge in [0.05, 0.1) is 6.20 Å². The van der Waals surface area contributed by atoms with E-state index in [0.29, 0.717) is 17.8 Å². The molecule has 2 aromatic heterocycles. The molecule has 0 fully saturated rings. The number of aryl methyl sites for hydroxylation is 2. The van der Waals surface area contributed by atoms with E-state index in [-0.39, 0.29) is 11.4 Å². The standard InChI is InChI=1S/C15H23N5O/c1-5-15(16,6-2)9-17-14(21)12-8-18-20-11(4)7-10(3)19-13(12)20/h7-8H,5-6,9,16H2,1-4H3,(H,17,21). The summed E-state index contributed by atoms with van der Waals surface area (Å²) in [5.74, 6) is -0.181. The highest BCUT2D eigenvalue weighted by Crippen LogP contribution is 2.13. The van der Waals surface area contributed by atoms with E-state index in [1.165, 1.54) is 0 Å². The lowest BCUT2D eigenvalue weighted by molar-refractivity contribution is 0.0943. The van der Waals surface area contributed by atoms with Crippen molar-refractivity contribution in [3.8, 4) is 0 Å². The average molecular weight is 289 g/mol. The molecule has 0 aromatic carbocycles. The highest BCUT2D eigenvalue weighted by molar-refractivity contribution is 5.99. The maximum absolute atomic E-state index is 12.4. The van der Waals surface area contributed by atoms with Crippen LogP contribution in [0.25, 0.3) is 5.65 Å². The summed E-state index contributed by atoms with van der Waals surface area (Å²) in [7, 11) is 0. The van der Waals surface area contributed by atoms with Crippen LogP contribution in [0.5, 0.6) is 0 Å². The van der Waals surface area contributed by atoms with Crippen molar-refractivity contribution in [1.29, 1.82) is 0 Å². The summed E-state index contributed by atoms with van der Waals surface area (Å²) < 4.78 is 1.68. The molecule has 0 saturated heterocycles. The molecule has 0 saturated carbocycles. The van der Waals surface area contributed by atoms with E-state index in [4.69, 9.17) is 5.73 Å². The first-order chi connectivity index (χ1) is 9.90. The number of amides is 1. The zero-order valence-electron chi connectivity index (χ0n) is 13.1. The summed E-state index contributed by atoms with van der Waals surface area (Å²) in [6.45, 7) is 8.34. The first kappa shape index (κ1) is 15.4. The van der Waals surface area contributed by atoms with Crippen LogP contribution in [-0.4, -0.2) is 32.6 Å². The van der Waals surface area contributed by atoms with Crippen LogP contribution in [0.2, 0.25) is 0 Å². The van der Waals surface area contributed by atoms with Crippen molar-refractivity contribution >= 4 is 11.6 Å². The minimum Gasteiger partial charge on any atom is -0.350 e. The lowest BCUT2D eigenvalue weighted by Gasteiger charge is -2.26. The quantitative estimate of drug-likeness (QED) is 0.875. The maximum Gasteiger partial charge on any atom is 0.256 e. The molecule has 6 nitrogen and oxygen atoms in total. The first-order valence-corrected chi connectivity index (χ1v) is 7.29. The Balaban J connectivity index is 2.24. The highest BCUT2D eigenvalue weighted by atomic mass is 16.1. The lowest BCUT2D eigenvalue weighted by atomic mass is 9.94. The van der Waals surface area contributed by atoms with Crippen molar-refractivity contribution < 1.29 is 4.79 Å². The molecule has 0 aliphatic heterocycles. The van der Waals surface area contributed by atoms with Gasteiger partial charge in [0.25, 0.3) is 5.91 Å². The van der Waals surface area contributed by atoms with Crippen molar-refractivity contribution in [3.05, 3.63) is 29.2 Å². The zero-order valence-corrected chi connectivity index (χ0v) is 13.1. The summed E-state index contributed by atoms with van der Waals surface area (Å²) in [5.41, 5.74) is 8.73. The third-order valence-electron chi connectivity index (χ3n) is 4.03. The molecule has 0 bridgehead atoms. The van der Waals surface area contributed by atoms with Gasteiger partial charge in [-0.3, -0.25) is 4.79 Å². The molecule has 6 heteroatoms. The Bertz CT molecular complexity index is 657. The molecule has 0 aliphatic carbocycles. The van der Waals surface area contributed by atoms with Crippen LogP contribution in [0.4, 0.5) is 0 Å². The predicted molar refractivity (Wildman–Crippen MR) is 82.3 cm³/mol. The average Bonchev–Trinajstić information content (AvgIpc) is 2.88. The predicted octanol–water partition coefficient (Wildman–Crippen LogP) is 1.59. The Morgan fingerprint density at radius 3 is 2.67 bits per heavy atom. The number of carbonyl (C=O) groups is 1. The fourth-order valence-corrected chi connectivity index (χ4v) is 2.28. The van der Waals surface area contributed by atoms with Crippen LogP contribution >= 0.6 is 0 Å². The fourth-order valence-electron chi connectivity index (χ4n) is 2.28. The van der Waals surface area contributed by atoms with E-state index in [2.05, 4.69) is 15.4 Å². The van der Waals surface area contributed by atoms with Gasteiger partial charge in [0, 0.05) is 23.5 Å². The van der Waals surface area contributed by atoms with Gasteiger partial charge in [0.2, 0.25) is 0 Å². The number of fused-ring (bicyclic) bond motifs is 1. The van der Waals surface area contributed by atoms with E-state index in [1.54, 1.807) is 10.7 Å². The molecular formula is C15H23N5O. The largest absolute Gasteiger partial charge is 0.350 e. The van der Waals surface area contributed by atoms with E-state index >= 15 is 0 Å². The van der Waals surface area contributed by atoms with E-state index in [9.17, 15) is 4.79 Å². The molecule has 0 aliphatic rings. The van der Waals surface area contributed by atoms with Crippen LogP contribution in [0.1, 0.15) is 48.4 Å². The summed E-state index contributed by atoms with van der Waals surface area (Å²) in [6.07, 6.45) is 3.18. The third-order valence-corrected chi connectivity index (χ3v) is 4.03. The Kier molecular flexibility index (Phi) is 4.27. The molecule has 2 heterocycles. The van der Waals surface area contributed by atoms with Crippen LogP contribution in [0.15, 0.2) is 12.3 Å². The third kappa shape index (κ3) is 3.05. The lowest BCUT2D eigenvalue weighted by Crippen LogP contribution is -2.49. The second kappa shape index (κ2) is 5.81. The van der Waals surface area contributed by atoms with Gasteiger partial charge in [0.15, 0.2) is 5.65 Å². The Morgan fingerprint density at radius 1 is 1.38 bits per heavy atom. The Hall–Kier alpha value is -1.95. The van der Waals surface area contributed by atoms with Gasteiger partial charge in [0.1, 0.15) is 5.56 Å². The van der Waals surface area contributed by atoms with Crippen LogP contribution in [-0.2, 0) is 0 Å². The summed E-state index contributed by atoms with van der Waals surface area (Å²) >= 11 is 0. The number of nitrogens with one attached hydrogen (secondary N) is 1. The number of aromatic nitrogens is 3. The molecule has 0 atom stereocenters. The number of carbonyl (C=O) groups excluding carboxylic acids is 1. The molecular weight excluding hydrogens is 266 g/mol. The number of rotatable bonds is 5. The van der Waals surface area contributed by atoms with Gasteiger partial charge < -0.3 is 11.1 Å². The van der Waals surface area contributed by atoms with Crippen molar-refractivity contribution in [3.63, 3.8) is 0 Å². The summed E-state index contributed by atoms with van der Waals surface area (Å²) in [4.78, 5) is 16.8. The molecule has 2 rings (SSSR count). The second-order valence-corrected chi connectivity index (χ2v) is 5.58. The maximum atomic E-state index is 12.4. The highest BCUT2D eigenvalue weighted by Gasteiger charge is 2.22. The number of nitrogens with two attached hydrogens (primary N) is 1. The smallest absolute Gasteiger partial charge is 0.256 e. The molecule has 3 N–H and O–H groups in total. The van der Waals surface area contributed by atoms with Gasteiger partial charge in [-0.15, -0.1) is 0 Å². The van der Waals surface area contributed by atoms with Crippen LogP contribution in [0.3, 0.4) is 0 Å². The first-order valence-electron chi connectivity index (χ1n) is 7.29. The van der Waals surface area contributed by atoms with Crippen molar-refractivity contribution in [2.24, 2.45) is 5.73 Å². The molecule has 2 aromatic rings. The molecule has 114 valence electrons. The van der Waals surface area contributed by atoms with Crippen LogP contribution < -0.4 is 11.1 Å². The number of hydrogen-bond acceptors (Lipinski definition) is 4. The van der Waals surface area contributed by atoms with Crippen molar-refractivity contribution in [1.82, 2.24) is 19.9 Å². The van der Waals surface area contributed by atoms with E-state index in [1.807, 2.05) is 33.8 Å². The van der Waals surface area contributed by atoms with E-state index < -0.39 is 0 Å². The van der Waals surface area contributed by atoms with E-state index in [0.717, 1.165) is 24.2 Å².